The molecule has 1 N–H and O–H groups in total. The van der Waals surface area contributed by atoms with Crippen molar-refractivity contribution in [1.29, 1.82) is 0 Å². The minimum Gasteiger partial charge on any atom is -0.496 e. The predicted octanol–water partition coefficient (Wildman–Crippen LogP) is 3.81. The molecule has 1 amide bonds. The molecule has 0 aliphatic rings. The van der Waals surface area contributed by atoms with Gasteiger partial charge in [-0.2, -0.15) is 0 Å². The SMILES string of the molecule is COc1ccccc1-c1nnc(S[C@H](C)C(=O)Nc2ccccc2C(C)=O)n1C. The van der Waals surface area contributed by atoms with E-state index in [0.717, 1.165) is 5.56 Å². The molecule has 3 rings (SSSR count). The lowest BCUT2D eigenvalue weighted by molar-refractivity contribution is -0.115. The first-order valence-electron chi connectivity index (χ1n) is 9.02. The number of hydrogen-bond acceptors (Lipinski definition) is 6. The zero-order valence-corrected chi connectivity index (χ0v) is 17.5. The van der Waals surface area contributed by atoms with Crippen molar-refractivity contribution in [3.63, 3.8) is 0 Å². The van der Waals surface area contributed by atoms with Gasteiger partial charge in [-0.25, -0.2) is 0 Å². The normalized spacial score (nSPS) is 11.7. The van der Waals surface area contributed by atoms with Gasteiger partial charge < -0.3 is 14.6 Å². The highest BCUT2D eigenvalue weighted by Crippen LogP contribution is 2.31. The van der Waals surface area contributed by atoms with E-state index < -0.39 is 5.25 Å². The van der Waals surface area contributed by atoms with Gasteiger partial charge >= 0.3 is 0 Å². The molecule has 0 spiro atoms. The van der Waals surface area contributed by atoms with Crippen molar-refractivity contribution in [1.82, 2.24) is 14.8 Å². The Morgan fingerprint density at radius 1 is 1.10 bits per heavy atom. The summed E-state index contributed by atoms with van der Waals surface area (Å²) in [6.07, 6.45) is 0. The topological polar surface area (TPSA) is 86.1 Å². The molecule has 29 heavy (non-hydrogen) atoms. The van der Waals surface area contributed by atoms with Crippen LogP contribution in [0.1, 0.15) is 24.2 Å². The van der Waals surface area contributed by atoms with Crippen LogP contribution in [0.4, 0.5) is 5.69 Å². The monoisotopic (exact) mass is 410 g/mol. The van der Waals surface area contributed by atoms with Crippen molar-refractivity contribution in [2.45, 2.75) is 24.3 Å². The summed E-state index contributed by atoms with van der Waals surface area (Å²) < 4.78 is 7.23. The standard InChI is InChI=1S/C21H22N4O3S/c1-13(26)15-9-5-7-11-17(15)22-20(27)14(2)29-21-24-23-19(25(21)3)16-10-6-8-12-18(16)28-4/h5-12,14H,1-4H3,(H,22,27)/t14-/m1/s1. The molecule has 0 fully saturated rings. The van der Waals surface area contributed by atoms with Crippen molar-refractivity contribution < 1.29 is 14.3 Å². The molecule has 3 aromatic rings. The number of thioether (sulfide) groups is 1. The molecule has 0 aliphatic heterocycles. The molecule has 0 radical (unpaired) electrons. The van der Waals surface area contributed by atoms with Gasteiger partial charge in [-0.05, 0) is 38.1 Å². The molecule has 0 saturated heterocycles. The molecule has 0 unspecified atom stereocenters. The smallest absolute Gasteiger partial charge is 0.237 e. The molecule has 2 aromatic carbocycles. The molecule has 0 bridgehead atoms. The first-order valence-corrected chi connectivity index (χ1v) is 9.90. The average molecular weight is 410 g/mol. The molecule has 1 atom stereocenters. The van der Waals surface area contributed by atoms with Crippen LogP contribution in [-0.2, 0) is 11.8 Å². The number of ether oxygens (including phenoxy) is 1. The van der Waals surface area contributed by atoms with Crippen molar-refractivity contribution in [2.75, 3.05) is 12.4 Å². The lowest BCUT2D eigenvalue weighted by Crippen LogP contribution is -2.23. The van der Waals surface area contributed by atoms with Gasteiger partial charge in [0.15, 0.2) is 16.8 Å². The van der Waals surface area contributed by atoms with Crippen LogP contribution in [0.2, 0.25) is 0 Å². The number of hydrogen-bond donors (Lipinski definition) is 1. The molecule has 1 aromatic heterocycles. The molecular formula is C21H22N4O3S. The summed E-state index contributed by atoms with van der Waals surface area (Å²) in [5.74, 6) is 1.03. The van der Waals surface area contributed by atoms with Crippen LogP contribution >= 0.6 is 11.8 Å². The Morgan fingerprint density at radius 2 is 1.79 bits per heavy atom. The average Bonchev–Trinajstić information content (AvgIpc) is 3.08. The fourth-order valence-corrected chi connectivity index (χ4v) is 3.64. The van der Waals surface area contributed by atoms with Gasteiger partial charge in [-0.3, -0.25) is 9.59 Å². The summed E-state index contributed by atoms with van der Waals surface area (Å²) >= 11 is 1.29. The summed E-state index contributed by atoms with van der Waals surface area (Å²) in [6, 6.07) is 14.5. The van der Waals surface area contributed by atoms with E-state index in [1.807, 2.05) is 35.9 Å². The second kappa shape index (κ2) is 8.91. The first-order chi connectivity index (χ1) is 13.9. The largest absolute Gasteiger partial charge is 0.496 e. The molecule has 150 valence electrons. The van der Waals surface area contributed by atoms with Crippen LogP contribution in [-0.4, -0.2) is 38.8 Å². The highest BCUT2D eigenvalue weighted by molar-refractivity contribution is 8.00. The van der Waals surface area contributed by atoms with Gasteiger partial charge in [0.05, 0.1) is 23.6 Å². The third-order valence-electron chi connectivity index (χ3n) is 4.40. The number of benzene rings is 2. The minimum absolute atomic E-state index is 0.101. The summed E-state index contributed by atoms with van der Waals surface area (Å²) in [5, 5.41) is 11.5. The fraction of sp³-hybridized carbons (Fsp3) is 0.238. The van der Waals surface area contributed by atoms with E-state index in [1.165, 1.54) is 18.7 Å². The quantitative estimate of drug-likeness (QED) is 0.471. The van der Waals surface area contributed by atoms with E-state index in [4.69, 9.17) is 4.74 Å². The lowest BCUT2D eigenvalue weighted by Gasteiger charge is -2.13. The number of amides is 1. The van der Waals surface area contributed by atoms with Crippen molar-refractivity contribution in [3.05, 3.63) is 54.1 Å². The van der Waals surface area contributed by atoms with Gasteiger partial charge in [-0.1, -0.05) is 36.0 Å². The number of carbonyl (C=O) groups excluding carboxylic acids is 2. The number of ketones is 1. The molecule has 8 heteroatoms. The maximum atomic E-state index is 12.7. The number of methoxy groups -OCH3 is 1. The van der Waals surface area contributed by atoms with Crippen molar-refractivity contribution in [2.24, 2.45) is 7.05 Å². The van der Waals surface area contributed by atoms with Gasteiger partial charge in [0.2, 0.25) is 5.91 Å². The van der Waals surface area contributed by atoms with Crippen LogP contribution in [0.3, 0.4) is 0 Å². The van der Waals surface area contributed by atoms with E-state index in [0.29, 0.717) is 28.0 Å². The minimum atomic E-state index is -0.441. The number of rotatable bonds is 7. The van der Waals surface area contributed by atoms with E-state index in [2.05, 4.69) is 15.5 Å². The number of aromatic nitrogens is 3. The zero-order valence-electron chi connectivity index (χ0n) is 16.7. The number of para-hydroxylation sites is 2. The Balaban J connectivity index is 1.76. The molecule has 1 heterocycles. The van der Waals surface area contributed by atoms with Crippen LogP contribution < -0.4 is 10.1 Å². The summed E-state index contributed by atoms with van der Waals surface area (Å²) in [4.78, 5) is 24.4. The van der Waals surface area contributed by atoms with Gasteiger partial charge in [0.1, 0.15) is 5.75 Å². The molecule has 0 saturated carbocycles. The third kappa shape index (κ3) is 4.48. The zero-order chi connectivity index (χ0) is 21.0. The number of carbonyl (C=O) groups is 2. The highest BCUT2D eigenvalue weighted by atomic mass is 32.2. The van der Waals surface area contributed by atoms with Gasteiger partial charge in [0, 0.05) is 12.6 Å². The van der Waals surface area contributed by atoms with E-state index in [9.17, 15) is 9.59 Å². The number of Topliss-reactive ketones (excluding diaryl/α,β-unsaturated/α-hetero) is 1. The summed E-state index contributed by atoms with van der Waals surface area (Å²) in [6.45, 7) is 3.26. The Hall–Kier alpha value is -3.13. The van der Waals surface area contributed by atoms with Crippen molar-refractivity contribution in [3.8, 4) is 17.1 Å². The molecular weight excluding hydrogens is 388 g/mol. The van der Waals surface area contributed by atoms with Crippen LogP contribution in [0, 0.1) is 0 Å². The molecule has 7 nitrogen and oxygen atoms in total. The second-order valence-electron chi connectivity index (χ2n) is 6.42. The van der Waals surface area contributed by atoms with E-state index >= 15 is 0 Å². The van der Waals surface area contributed by atoms with E-state index in [1.54, 1.807) is 38.3 Å². The van der Waals surface area contributed by atoms with Gasteiger partial charge in [0.25, 0.3) is 0 Å². The maximum Gasteiger partial charge on any atom is 0.237 e. The molecule has 0 aliphatic carbocycles. The highest BCUT2D eigenvalue weighted by Gasteiger charge is 2.21. The number of nitrogens with zero attached hydrogens (tertiary/aromatic N) is 3. The van der Waals surface area contributed by atoms with Gasteiger partial charge in [-0.15, -0.1) is 10.2 Å². The Bertz CT molecular complexity index is 1050. The van der Waals surface area contributed by atoms with Crippen LogP contribution in [0.5, 0.6) is 5.75 Å². The number of nitrogens with one attached hydrogen (secondary N) is 1. The second-order valence-corrected chi connectivity index (χ2v) is 7.72. The lowest BCUT2D eigenvalue weighted by atomic mass is 10.1. The Morgan fingerprint density at radius 3 is 2.52 bits per heavy atom. The summed E-state index contributed by atoms with van der Waals surface area (Å²) in [5.41, 5.74) is 1.81. The Labute approximate surface area is 173 Å². The Kier molecular flexibility index (Phi) is 6.33. The number of anilines is 1. The fourth-order valence-electron chi connectivity index (χ4n) is 2.83. The van der Waals surface area contributed by atoms with Crippen LogP contribution in [0.15, 0.2) is 53.7 Å². The first kappa shape index (κ1) is 20.6. The van der Waals surface area contributed by atoms with Crippen molar-refractivity contribution >= 4 is 29.1 Å². The van der Waals surface area contributed by atoms with Crippen LogP contribution in [0.25, 0.3) is 11.4 Å². The predicted molar refractivity (Wildman–Crippen MR) is 113 cm³/mol. The van der Waals surface area contributed by atoms with E-state index in [-0.39, 0.29) is 11.7 Å². The third-order valence-corrected chi connectivity index (χ3v) is 5.53. The maximum absolute atomic E-state index is 12.7. The summed E-state index contributed by atoms with van der Waals surface area (Å²) in [7, 11) is 3.45.